The quantitative estimate of drug-likeness (QED) is 0.497. The first kappa shape index (κ1) is 21.5. The highest BCUT2D eigenvalue weighted by atomic mass is 16.6. The molecule has 35 heavy (non-hydrogen) atoms. The fourth-order valence-corrected chi connectivity index (χ4v) is 8.76. The van der Waals surface area contributed by atoms with Gasteiger partial charge < -0.3 is 19.1 Å². The third-order valence-corrected chi connectivity index (χ3v) is 10.1. The van der Waals surface area contributed by atoms with E-state index in [4.69, 9.17) is 14.2 Å². The Hall–Kier alpha value is -2.83. The maximum atomic E-state index is 14.0. The van der Waals surface area contributed by atoms with Crippen LogP contribution in [0.25, 0.3) is 11.1 Å². The SMILES string of the molecule is C/C=C1/CN2CC[C@@]34c5cc(-c6ccc(OC)cc6)ccc5N(C)[C@]35OC[C@@]4(C(=O)OC)[C@H]1C[C@H]25. The Morgan fingerprint density at radius 1 is 1.14 bits per heavy atom. The summed E-state index contributed by atoms with van der Waals surface area (Å²) in [7, 11) is 5.39. The van der Waals surface area contributed by atoms with E-state index in [2.05, 4.69) is 60.2 Å². The Kier molecular flexibility index (Phi) is 4.22. The Morgan fingerprint density at radius 2 is 1.91 bits per heavy atom. The van der Waals surface area contributed by atoms with Crippen molar-refractivity contribution in [1.82, 2.24) is 4.90 Å². The Balaban J connectivity index is 1.51. The van der Waals surface area contributed by atoms with Gasteiger partial charge in [-0.1, -0.05) is 29.8 Å². The van der Waals surface area contributed by atoms with Crippen LogP contribution >= 0.6 is 0 Å². The number of likely N-dealkylation sites (N-methyl/N-ethyl adjacent to an activating group) is 1. The highest BCUT2D eigenvalue weighted by Crippen LogP contribution is 2.76. The van der Waals surface area contributed by atoms with E-state index in [0.29, 0.717) is 6.61 Å². The van der Waals surface area contributed by atoms with Gasteiger partial charge in [0.1, 0.15) is 11.2 Å². The van der Waals surface area contributed by atoms with E-state index in [1.807, 2.05) is 12.1 Å². The van der Waals surface area contributed by atoms with Crippen LogP contribution in [0.2, 0.25) is 0 Å². The second-order valence-electron chi connectivity index (χ2n) is 10.8. The van der Waals surface area contributed by atoms with E-state index < -0.39 is 16.6 Å². The van der Waals surface area contributed by atoms with Gasteiger partial charge in [0.2, 0.25) is 0 Å². The van der Waals surface area contributed by atoms with E-state index in [-0.39, 0.29) is 17.9 Å². The van der Waals surface area contributed by atoms with Crippen LogP contribution in [-0.2, 0) is 19.7 Å². The number of fused-ring (bicyclic) bond motifs is 3. The molecule has 0 spiro atoms. The molecule has 7 rings (SSSR count). The normalized spacial score (nSPS) is 37.4. The molecule has 6 heteroatoms. The molecule has 1 aliphatic carbocycles. The number of ether oxygens (including phenoxy) is 3. The van der Waals surface area contributed by atoms with Gasteiger partial charge in [-0.25, -0.2) is 0 Å². The molecule has 0 radical (unpaired) electrons. The van der Waals surface area contributed by atoms with Crippen LogP contribution in [0.3, 0.4) is 0 Å². The van der Waals surface area contributed by atoms with Crippen molar-refractivity contribution in [3.8, 4) is 16.9 Å². The molecule has 0 N–H and O–H groups in total. The standard InChI is InChI=1S/C29H32N2O4/c1-5-18-16-31-13-12-28-23-14-20(19-6-9-21(33-3)10-7-19)8-11-24(23)30(2)29(28)25(31)15-22(18)27(28,17-35-29)26(32)34-4/h5-11,14,22,25H,12-13,15-17H2,1-4H3/b18-5-/t22-,25-,27-,28-,29+/m0/s1. The molecule has 4 aliphatic heterocycles. The summed E-state index contributed by atoms with van der Waals surface area (Å²) in [5.41, 5.74) is 4.30. The molecule has 0 unspecified atom stereocenters. The van der Waals surface area contributed by atoms with Gasteiger partial charge in [0, 0.05) is 31.7 Å². The van der Waals surface area contributed by atoms with Gasteiger partial charge in [-0.2, -0.15) is 0 Å². The molecule has 5 atom stereocenters. The molecule has 5 aliphatic rings. The lowest BCUT2D eigenvalue weighted by Gasteiger charge is -2.66. The summed E-state index contributed by atoms with van der Waals surface area (Å²) in [5.74, 6) is 0.851. The van der Waals surface area contributed by atoms with Crippen molar-refractivity contribution >= 4 is 11.7 Å². The number of carbonyl (C=O) groups is 1. The first-order valence-electron chi connectivity index (χ1n) is 12.6. The van der Waals surface area contributed by atoms with Crippen LogP contribution in [0.1, 0.15) is 25.3 Å². The van der Waals surface area contributed by atoms with Crippen LogP contribution < -0.4 is 9.64 Å². The van der Waals surface area contributed by atoms with Crippen LogP contribution in [0.4, 0.5) is 5.69 Å². The average Bonchev–Trinajstić information content (AvgIpc) is 3.29. The van der Waals surface area contributed by atoms with E-state index in [1.54, 1.807) is 14.2 Å². The lowest BCUT2D eigenvalue weighted by molar-refractivity contribution is -0.183. The largest absolute Gasteiger partial charge is 0.497 e. The molecule has 4 fully saturated rings. The molecular weight excluding hydrogens is 440 g/mol. The summed E-state index contributed by atoms with van der Waals surface area (Å²) in [6.45, 7) is 4.38. The average molecular weight is 473 g/mol. The number of hydrogen-bond acceptors (Lipinski definition) is 6. The zero-order chi connectivity index (χ0) is 24.2. The third kappa shape index (κ3) is 2.15. The zero-order valence-corrected chi connectivity index (χ0v) is 20.8. The first-order chi connectivity index (χ1) is 17.0. The number of anilines is 1. The lowest BCUT2D eigenvalue weighted by atomic mass is 9.43. The molecular formula is C29H32N2O4. The van der Waals surface area contributed by atoms with Crippen molar-refractivity contribution in [1.29, 1.82) is 0 Å². The molecule has 1 saturated carbocycles. The summed E-state index contributed by atoms with van der Waals surface area (Å²) in [6, 6.07) is 15.2. The fourth-order valence-electron chi connectivity index (χ4n) is 8.76. The van der Waals surface area contributed by atoms with Crippen LogP contribution in [0, 0.1) is 11.3 Å². The molecule has 5 bridgehead atoms. The number of methoxy groups -OCH3 is 2. The van der Waals surface area contributed by atoms with E-state index >= 15 is 0 Å². The predicted molar refractivity (Wildman–Crippen MR) is 133 cm³/mol. The Labute approximate surface area is 206 Å². The number of benzene rings is 2. The number of esters is 1. The van der Waals surface area contributed by atoms with Gasteiger partial charge in [-0.15, -0.1) is 0 Å². The minimum atomic E-state index is -0.732. The molecule has 0 aromatic heterocycles. The van der Waals surface area contributed by atoms with E-state index in [0.717, 1.165) is 42.8 Å². The van der Waals surface area contributed by atoms with Gasteiger partial charge in [0.05, 0.1) is 32.3 Å². The summed E-state index contributed by atoms with van der Waals surface area (Å²) in [4.78, 5) is 19.0. The molecule has 2 aromatic carbocycles. The van der Waals surface area contributed by atoms with Gasteiger partial charge in [0.15, 0.2) is 5.72 Å². The number of carbonyl (C=O) groups excluding carboxylic acids is 1. The smallest absolute Gasteiger partial charge is 0.315 e. The second-order valence-corrected chi connectivity index (χ2v) is 10.8. The van der Waals surface area contributed by atoms with Crippen molar-refractivity contribution in [2.24, 2.45) is 11.3 Å². The lowest BCUT2D eigenvalue weighted by Crippen LogP contribution is -2.80. The molecule has 6 nitrogen and oxygen atoms in total. The highest BCUT2D eigenvalue weighted by molar-refractivity contribution is 5.87. The summed E-state index contributed by atoms with van der Waals surface area (Å²) in [6.07, 6.45) is 4.05. The first-order valence-corrected chi connectivity index (χ1v) is 12.6. The topological polar surface area (TPSA) is 51.2 Å². The predicted octanol–water partition coefficient (Wildman–Crippen LogP) is 3.99. The number of rotatable bonds is 3. The summed E-state index contributed by atoms with van der Waals surface area (Å²) >= 11 is 0. The molecule has 0 amide bonds. The third-order valence-electron chi connectivity index (χ3n) is 10.1. The fraction of sp³-hybridized carbons (Fsp3) is 0.483. The molecule has 4 heterocycles. The van der Waals surface area contributed by atoms with Crippen molar-refractivity contribution < 1.29 is 19.0 Å². The number of hydrogen-bond donors (Lipinski definition) is 0. The van der Waals surface area contributed by atoms with Gasteiger partial charge >= 0.3 is 5.97 Å². The maximum absolute atomic E-state index is 14.0. The van der Waals surface area contributed by atoms with Crippen LogP contribution in [0.15, 0.2) is 54.1 Å². The number of piperidine rings is 2. The highest BCUT2D eigenvalue weighted by Gasteiger charge is 2.86. The maximum Gasteiger partial charge on any atom is 0.315 e. The minimum absolute atomic E-state index is 0.117. The zero-order valence-electron chi connectivity index (χ0n) is 20.8. The van der Waals surface area contributed by atoms with Gasteiger partial charge in [-0.3, -0.25) is 9.69 Å². The monoisotopic (exact) mass is 472 g/mol. The number of nitrogens with zero attached hydrogens (tertiary/aromatic N) is 2. The van der Waals surface area contributed by atoms with Crippen LogP contribution in [0.5, 0.6) is 5.75 Å². The van der Waals surface area contributed by atoms with Crippen molar-refractivity contribution in [3.05, 3.63) is 59.7 Å². The molecule has 182 valence electrons. The summed E-state index contributed by atoms with van der Waals surface area (Å²) in [5, 5.41) is 0. The second kappa shape index (κ2) is 6.89. The van der Waals surface area contributed by atoms with Crippen molar-refractivity contribution in [2.75, 3.05) is 45.9 Å². The van der Waals surface area contributed by atoms with E-state index in [9.17, 15) is 4.79 Å². The minimum Gasteiger partial charge on any atom is -0.497 e. The van der Waals surface area contributed by atoms with Crippen molar-refractivity contribution in [2.45, 2.75) is 36.9 Å². The van der Waals surface area contributed by atoms with E-state index in [1.165, 1.54) is 16.8 Å². The molecule has 3 saturated heterocycles. The van der Waals surface area contributed by atoms with Crippen molar-refractivity contribution in [3.63, 3.8) is 0 Å². The van der Waals surface area contributed by atoms with Gasteiger partial charge in [-0.05, 0) is 60.7 Å². The Morgan fingerprint density at radius 3 is 2.63 bits per heavy atom. The van der Waals surface area contributed by atoms with Crippen LogP contribution in [-0.4, -0.2) is 63.6 Å². The summed E-state index contributed by atoms with van der Waals surface area (Å²) < 4.78 is 18.0. The van der Waals surface area contributed by atoms with Gasteiger partial charge in [0.25, 0.3) is 0 Å². The number of allylic oxidation sites excluding steroid dienone is 1. The molecule has 2 aromatic rings. The Bertz CT molecular complexity index is 1270.